The molecule has 0 unspecified atom stereocenters. The number of thiophene rings is 1. The van der Waals surface area contributed by atoms with Gasteiger partial charge in [-0.05, 0) is 41.3 Å². The van der Waals surface area contributed by atoms with E-state index >= 15 is 0 Å². The van der Waals surface area contributed by atoms with Gasteiger partial charge in [0.2, 0.25) is 0 Å². The zero-order valence-corrected chi connectivity index (χ0v) is 14.3. The molecule has 0 aliphatic carbocycles. The molecular formula is C17H13BrClNS. The number of para-hydroxylation sites is 1. The van der Waals surface area contributed by atoms with E-state index in [9.17, 15) is 0 Å². The van der Waals surface area contributed by atoms with Gasteiger partial charge in [-0.15, -0.1) is 11.3 Å². The SMILES string of the molecule is Clc1ccc(Br)cc1CNc1ccccc1-c1cccs1. The highest BCUT2D eigenvalue weighted by Crippen LogP contribution is 2.32. The molecule has 0 amide bonds. The molecule has 4 heteroatoms. The summed E-state index contributed by atoms with van der Waals surface area (Å²) >= 11 is 11.5. The molecule has 1 nitrogen and oxygen atoms in total. The zero-order chi connectivity index (χ0) is 14.7. The van der Waals surface area contributed by atoms with E-state index in [1.807, 2.05) is 24.3 Å². The molecule has 2 aromatic carbocycles. The van der Waals surface area contributed by atoms with Crippen molar-refractivity contribution in [2.75, 3.05) is 5.32 Å². The Kier molecular flexibility index (Phi) is 4.63. The molecule has 1 aromatic heterocycles. The van der Waals surface area contributed by atoms with Gasteiger partial charge in [0, 0.05) is 32.2 Å². The molecule has 3 rings (SSSR count). The van der Waals surface area contributed by atoms with Crippen molar-refractivity contribution in [2.24, 2.45) is 0 Å². The largest absolute Gasteiger partial charge is 0.380 e. The lowest BCUT2D eigenvalue weighted by atomic mass is 10.1. The van der Waals surface area contributed by atoms with Gasteiger partial charge in [0.25, 0.3) is 0 Å². The highest BCUT2D eigenvalue weighted by atomic mass is 79.9. The Labute approximate surface area is 141 Å². The summed E-state index contributed by atoms with van der Waals surface area (Å²) in [7, 11) is 0. The monoisotopic (exact) mass is 377 g/mol. The first-order chi connectivity index (χ1) is 10.2. The Morgan fingerprint density at radius 2 is 1.90 bits per heavy atom. The summed E-state index contributed by atoms with van der Waals surface area (Å²) in [5, 5.41) is 6.36. The Morgan fingerprint density at radius 3 is 2.71 bits per heavy atom. The van der Waals surface area contributed by atoms with E-state index in [1.54, 1.807) is 11.3 Å². The predicted octanol–water partition coefficient (Wildman–Crippen LogP) is 6.44. The maximum atomic E-state index is 6.24. The molecule has 0 radical (unpaired) electrons. The molecule has 0 saturated carbocycles. The molecule has 0 fully saturated rings. The number of benzene rings is 2. The molecule has 106 valence electrons. The quantitative estimate of drug-likeness (QED) is 0.550. The van der Waals surface area contributed by atoms with Crippen molar-refractivity contribution in [2.45, 2.75) is 6.54 Å². The summed E-state index contributed by atoms with van der Waals surface area (Å²) in [6.45, 7) is 0.695. The molecule has 1 N–H and O–H groups in total. The van der Waals surface area contributed by atoms with E-state index < -0.39 is 0 Å². The molecule has 0 spiro atoms. The summed E-state index contributed by atoms with van der Waals surface area (Å²) in [5.41, 5.74) is 3.42. The fourth-order valence-corrected chi connectivity index (χ4v) is 3.51. The van der Waals surface area contributed by atoms with Gasteiger partial charge >= 0.3 is 0 Å². The van der Waals surface area contributed by atoms with Crippen molar-refractivity contribution in [3.8, 4) is 10.4 Å². The fourth-order valence-electron chi connectivity index (χ4n) is 2.15. The van der Waals surface area contributed by atoms with Crippen LogP contribution in [0, 0.1) is 0 Å². The minimum absolute atomic E-state index is 0.695. The number of rotatable bonds is 4. The number of anilines is 1. The first-order valence-corrected chi connectivity index (χ1v) is 8.60. The van der Waals surface area contributed by atoms with Crippen molar-refractivity contribution in [1.29, 1.82) is 0 Å². The summed E-state index contributed by atoms with van der Waals surface area (Å²) in [6, 6.07) is 18.5. The van der Waals surface area contributed by atoms with Crippen LogP contribution in [0.2, 0.25) is 5.02 Å². The summed E-state index contributed by atoms with van der Waals surface area (Å²) in [5.74, 6) is 0. The minimum Gasteiger partial charge on any atom is -0.380 e. The number of hydrogen-bond acceptors (Lipinski definition) is 2. The smallest absolute Gasteiger partial charge is 0.0456 e. The van der Waals surface area contributed by atoms with Crippen LogP contribution in [-0.2, 0) is 6.54 Å². The van der Waals surface area contributed by atoms with Crippen LogP contribution in [0.4, 0.5) is 5.69 Å². The van der Waals surface area contributed by atoms with E-state index in [0.29, 0.717) is 6.54 Å². The van der Waals surface area contributed by atoms with E-state index in [-0.39, 0.29) is 0 Å². The number of hydrogen-bond donors (Lipinski definition) is 1. The maximum Gasteiger partial charge on any atom is 0.0456 e. The van der Waals surface area contributed by atoms with Crippen LogP contribution in [0.3, 0.4) is 0 Å². The second kappa shape index (κ2) is 6.65. The van der Waals surface area contributed by atoms with Gasteiger partial charge in [0.15, 0.2) is 0 Å². The normalized spacial score (nSPS) is 10.6. The van der Waals surface area contributed by atoms with Crippen molar-refractivity contribution in [3.05, 3.63) is 75.0 Å². The first-order valence-electron chi connectivity index (χ1n) is 6.55. The van der Waals surface area contributed by atoms with Crippen LogP contribution in [0.15, 0.2) is 64.5 Å². The lowest BCUT2D eigenvalue weighted by Crippen LogP contribution is -2.01. The molecule has 21 heavy (non-hydrogen) atoms. The Balaban J connectivity index is 1.84. The van der Waals surface area contributed by atoms with E-state index in [0.717, 1.165) is 20.7 Å². The maximum absolute atomic E-state index is 6.24. The topological polar surface area (TPSA) is 12.0 Å². The lowest BCUT2D eigenvalue weighted by molar-refractivity contribution is 1.15. The Hall–Kier alpha value is -1.29. The van der Waals surface area contributed by atoms with Crippen molar-refractivity contribution < 1.29 is 0 Å². The second-order valence-electron chi connectivity index (χ2n) is 4.61. The van der Waals surface area contributed by atoms with Crippen molar-refractivity contribution in [1.82, 2.24) is 0 Å². The summed E-state index contributed by atoms with van der Waals surface area (Å²) in [4.78, 5) is 1.26. The number of nitrogens with one attached hydrogen (secondary N) is 1. The third-order valence-corrected chi connectivity index (χ3v) is 4.96. The van der Waals surface area contributed by atoms with Crippen LogP contribution in [0.1, 0.15) is 5.56 Å². The highest BCUT2D eigenvalue weighted by molar-refractivity contribution is 9.10. The standard InChI is InChI=1S/C17H13BrClNS/c18-13-7-8-15(19)12(10-13)11-20-16-5-2-1-4-14(16)17-6-3-9-21-17/h1-10,20H,11H2. The number of halogens is 2. The molecule has 1 heterocycles. The van der Waals surface area contributed by atoms with Gasteiger partial charge in [-0.2, -0.15) is 0 Å². The van der Waals surface area contributed by atoms with Gasteiger partial charge in [0.05, 0.1) is 0 Å². The van der Waals surface area contributed by atoms with Crippen LogP contribution < -0.4 is 5.32 Å². The second-order valence-corrected chi connectivity index (χ2v) is 6.88. The highest BCUT2D eigenvalue weighted by Gasteiger charge is 2.06. The molecule has 0 atom stereocenters. The average molecular weight is 379 g/mol. The Bertz CT molecular complexity index is 740. The van der Waals surface area contributed by atoms with E-state index in [4.69, 9.17) is 11.6 Å². The summed E-state index contributed by atoms with van der Waals surface area (Å²) in [6.07, 6.45) is 0. The molecule has 0 aliphatic heterocycles. The van der Waals surface area contributed by atoms with Crippen molar-refractivity contribution >= 4 is 44.6 Å². The molecule has 0 aliphatic rings. The average Bonchev–Trinajstić information content (AvgIpc) is 3.03. The third kappa shape index (κ3) is 3.49. The first kappa shape index (κ1) is 14.6. The van der Waals surface area contributed by atoms with Crippen LogP contribution >= 0.6 is 38.9 Å². The van der Waals surface area contributed by atoms with Gasteiger partial charge < -0.3 is 5.32 Å². The van der Waals surface area contributed by atoms with Crippen LogP contribution in [0.25, 0.3) is 10.4 Å². The van der Waals surface area contributed by atoms with E-state index in [1.165, 1.54) is 10.4 Å². The summed E-state index contributed by atoms with van der Waals surface area (Å²) < 4.78 is 1.04. The van der Waals surface area contributed by atoms with E-state index in [2.05, 4.69) is 57.0 Å². The van der Waals surface area contributed by atoms with Crippen molar-refractivity contribution in [3.63, 3.8) is 0 Å². The predicted molar refractivity (Wildman–Crippen MR) is 96.2 cm³/mol. The molecular weight excluding hydrogens is 366 g/mol. The lowest BCUT2D eigenvalue weighted by Gasteiger charge is -2.12. The van der Waals surface area contributed by atoms with Crippen LogP contribution in [0.5, 0.6) is 0 Å². The van der Waals surface area contributed by atoms with Crippen LogP contribution in [-0.4, -0.2) is 0 Å². The molecule has 3 aromatic rings. The third-order valence-electron chi connectivity index (χ3n) is 3.19. The molecule has 0 bridgehead atoms. The van der Waals surface area contributed by atoms with Gasteiger partial charge in [-0.25, -0.2) is 0 Å². The fraction of sp³-hybridized carbons (Fsp3) is 0.0588. The minimum atomic E-state index is 0.695. The molecule has 0 saturated heterocycles. The van der Waals surface area contributed by atoms with Gasteiger partial charge in [-0.1, -0.05) is 51.8 Å². The zero-order valence-electron chi connectivity index (χ0n) is 11.1. The van der Waals surface area contributed by atoms with Gasteiger partial charge in [-0.3, -0.25) is 0 Å². The Morgan fingerprint density at radius 1 is 1.05 bits per heavy atom. The van der Waals surface area contributed by atoms with Gasteiger partial charge in [0.1, 0.15) is 0 Å².